The molecule has 0 fully saturated rings. The highest BCUT2D eigenvalue weighted by Gasteiger charge is 2.16. The molecule has 7 rings (SSSR count). The smallest absolute Gasteiger partial charge is 0.119 e. The summed E-state index contributed by atoms with van der Waals surface area (Å²) in [5.74, 6) is 1.62. The Kier molecular flexibility index (Phi) is 5.73. The molecule has 0 atom stereocenters. The van der Waals surface area contributed by atoms with Crippen LogP contribution in [0.2, 0.25) is 0 Å². The highest BCUT2D eigenvalue weighted by molar-refractivity contribution is 6.11. The number of hydrogen-bond acceptors (Lipinski definition) is 4. The summed E-state index contributed by atoms with van der Waals surface area (Å²) in [5, 5.41) is 23.8. The van der Waals surface area contributed by atoms with Crippen LogP contribution in [0.5, 0.6) is 11.5 Å². The van der Waals surface area contributed by atoms with Crippen molar-refractivity contribution in [3.8, 4) is 22.9 Å². The highest BCUT2D eigenvalue weighted by Crippen LogP contribution is 2.37. The van der Waals surface area contributed by atoms with E-state index < -0.39 is 0 Å². The molecular formula is C34H28N2O4. The monoisotopic (exact) mass is 528 g/mol. The van der Waals surface area contributed by atoms with Crippen molar-refractivity contribution >= 4 is 43.6 Å². The molecule has 0 unspecified atom stereocenters. The van der Waals surface area contributed by atoms with Crippen LogP contribution < -0.4 is 9.47 Å². The average Bonchev–Trinajstić information content (AvgIpc) is 3.51. The van der Waals surface area contributed by atoms with E-state index in [1.54, 1.807) is 14.2 Å². The second kappa shape index (κ2) is 9.45. The fraction of sp³-hybridized carbons (Fsp3) is 0.118. The number of benzene rings is 5. The van der Waals surface area contributed by atoms with Gasteiger partial charge in [0.05, 0.1) is 49.5 Å². The van der Waals surface area contributed by atoms with Crippen LogP contribution in [0, 0.1) is 0 Å². The van der Waals surface area contributed by atoms with E-state index in [4.69, 9.17) is 9.47 Å². The van der Waals surface area contributed by atoms with Crippen molar-refractivity contribution in [1.82, 2.24) is 9.13 Å². The number of methoxy groups -OCH3 is 2. The molecule has 198 valence electrons. The summed E-state index contributed by atoms with van der Waals surface area (Å²) in [7, 11) is 3.37. The first-order valence-electron chi connectivity index (χ1n) is 13.2. The van der Waals surface area contributed by atoms with Crippen molar-refractivity contribution in [3.63, 3.8) is 0 Å². The van der Waals surface area contributed by atoms with E-state index in [-0.39, 0.29) is 13.2 Å². The van der Waals surface area contributed by atoms with Crippen LogP contribution in [0.3, 0.4) is 0 Å². The van der Waals surface area contributed by atoms with Gasteiger partial charge in [-0.3, -0.25) is 0 Å². The summed E-state index contributed by atoms with van der Waals surface area (Å²) in [6.07, 6.45) is 0. The Morgan fingerprint density at radius 3 is 1.18 bits per heavy atom. The summed E-state index contributed by atoms with van der Waals surface area (Å²) in [6.45, 7) is -0.0406. The minimum Gasteiger partial charge on any atom is -0.497 e. The molecule has 0 radical (unpaired) electrons. The minimum absolute atomic E-state index is 0.0203. The molecule has 6 heteroatoms. The summed E-state index contributed by atoms with van der Waals surface area (Å²) in [6, 6.07) is 33.0. The SMILES string of the molecule is COc1ccc2c(c1)c1cc(OC)ccc1n2-c1ccc(-n2c3ccc(CO)cc3c3cc(CO)ccc32)cc1. The molecule has 0 saturated carbocycles. The first-order valence-corrected chi connectivity index (χ1v) is 13.2. The number of aromatic nitrogens is 2. The van der Waals surface area contributed by atoms with E-state index in [1.807, 2.05) is 36.4 Å². The zero-order valence-corrected chi connectivity index (χ0v) is 22.3. The van der Waals surface area contributed by atoms with E-state index in [1.165, 1.54) is 0 Å². The third-order valence-corrected chi connectivity index (χ3v) is 7.80. The van der Waals surface area contributed by atoms with Gasteiger partial charge in [0.2, 0.25) is 0 Å². The number of hydrogen-bond donors (Lipinski definition) is 2. The largest absolute Gasteiger partial charge is 0.497 e. The Morgan fingerprint density at radius 2 is 0.825 bits per heavy atom. The van der Waals surface area contributed by atoms with Crippen molar-refractivity contribution in [3.05, 3.63) is 108 Å². The zero-order chi connectivity index (χ0) is 27.4. The lowest BCUT2D eigenvalue weighted by molar-refractivity contribution is 0.281. The molecule has 0 aliphatic heterocycles. The van der Waals surface area contributed by atoms with Crippen LogP contribution in [0.4, 0.5) is 0 Å². The number of fused-ring (bicyclic) bond motifs is 6. The lowest BCUT2D eigenvalue weighted by atomic mass is 10.1. The summed E-state index contributed by atoms with van der Waals surface area (Å²) in [5.41, 5.74) is 8.05. The van der Waals surface area contributed by atoms with Gasteiger partial charge in [-0.1, -0.05) is 12.1 Å². The molecule has 2 aromatic heterocycles. The number of aliphatic hydroxyl groups is 2. The first kappa shape index (κ1) is 24.3. The Morgan fingerprint density at radius 1 is 0.475 bits per heavy atom. The standard InChI is InChI=1S/C34H28N2O4/c1-39-25-9-13-33-29(17-25)30-18-26(40-2)10-14-34(30)36(33)24-7-5-23(6-8-24)35-31-11-3-21(19-37)15-27(31)28-16-22(20-38)4-12-32(28)35/h3-18,37-38H,19-20H2,1-2H3. The van der Waals surface area contributed by atoms with E-state index in [2.05, 4.69) is 69.8 Å². The van der Waals surface area contributed by atoms with E-state index >= 15 is 0 Å². The van der Waals surface area contributed by atoms with Gasteiger partial charge in [0, 0.05) is 32.9 Å². The highest BCUT2D eigenvalue weighted by atomic mass is 16.5. The second-order valence-corrected chi connectivity index (χ2v) is 9.97. The van der Waals surface area contributed by atoms with Gasteiger partial charge >= 0.3 is 0 Å². The molecule has 0 amide bonds. The summed E-state index contributed by atoms with van der Waals surface area (Å²) in [4.78, 5) is 0. The van der Waals surface area contributed by atoms with Gasteiger partial charge in [-0.15, -0.1) is 0 Å². The molecule has 0 bridgehead atoms. The van der Waals surface area contributed by atoms with Crippen molar-refractivity contribution in [2.75, 3.05) is 14.2 Å². The Hall–Kier alpha value is -4.78. The molecule has 2 heterocycles. The van der Waals surface area contributed by atoms with Crippen molar-refractivity contribution < 1.29 is 19.7 Å². The fourth-order valence-electron chi connectivity index (χ4n) is 5.86. The lowest BCUT2D eigenvalue weighted by Gasteiger charge is -2.12. The van der Waals surface area contributed by atoms with Gasteiger partial charge in [0.15, 0.2) is 0 Å². The predicted molar refractivity (Wildman–Crippen MR) is 160 cm³/mol. The fourth-order valence-corrected chi connectivity index (χ4v) is 5.86. The van der Waals surface area contributed by atoms with Gasteiger partial charge < -0.3 is 28.8 Å². The van der Waals surface area contributed by atoms with Gasteiger partial charge in [-0.2, -0.15) is 0 Å². The summed E-state index contributed by atoms with van der Waals surface area (Å²) < 4.78 is 15.6. The molecule has 2 N–H and O–H groups in total. The third-order valence-electron chi connectivity index (χ3n) is 7.80. The quantitative estimate of drug-likeness (QED) is 0.247. The molecule has 7 aromatic rings. The van der Waals surface area contributed by atoms with E-state index in [0.29, 0.717) is 0 Å². The van der Waals surface area contributed by atoms with Crippen LogP contribution in [-0.4, -0.2) is 33.6 Å². The van der Waals surface area contributed by atoms with Gasteiger partial charge in [-0.25, -0.2) is 0 Å². The zero-order valence-electron chi connectivity index (χ0n) is 22.3. The Bertz CT molecular complexity index is 1780. The maximum Gasteiger partial charge on any atom is 0.119 e. The minimum atomic E-state index is -0.0203. The van der Waals surface area contributed by atoms with Gasteiger partial charge in [0.1, 0.15) is 11.5 Å². The maximum absolute atomic E-state index is 9.76. The topological polar surface area (TPSA) is 68.8 Å². The normalized spacial score (nSPS) is 11.7. The van der Waals surface area contributed by atoms with Crippen LogP contribution in [0.1, 0.15) is 11.1 Å². The molecule has 5 aromatic carbocycles. The Labute approximate surface area is 230 Å². The van der Waals surface area contributed by atoms with Crippen LogP contribution in [-0.2, 0) is 13.2 Å². The third kappa shape index (κ3) is 3.65. The Balaban J connectivity index is 1.43. The van der Waals surface area contributed by atoms with Crippen molar-refractivity contribution in [2.45, 2.75) is 13.2 Å². The molecule has 0 aliphatic carbocycles. The predicted octanol–water partition coefficient (Wildman–Crippen LogP) is 6.88. The lowest BCUT2D eigenvalue weighted by Crippen LogP contribution is -1.97. The maximum atomic E-state index is 9.76. The molecule has 40 heavy (non-hydrogen) atoms. The van der Waals surface area contributed by atoms with E-state index in [9.17, 15) is 10.2 Å². The van der Waals surface area contributed by atoms with Crippen LogP contribution in [0.25, 0.3) is 55.0 Å². The van der Waals surface area contributed by atoms with Crippen molar-refractivity contribution in [1.29, 1.82) is 0 Å². The number of nitrogens with zero attached hydrogens (tertiary/aromatic N) is 2. The first-order chi connectivity index (χ1) is 19.6. The number of rotatable bonds is 6. The van der Waals surface area contributed by atoms with Gasteiger partial charge in [-0.05, 0) is 96.1 Å². The second-order valence-electron chi connectivity index (χ2n) is 9.97. The average molecular weight is 529 g/mol. The number of aliphatic hydroxyl groups excluding tert-OH is 2. The molecule has 0 saturated heterocycles. The molecular weight excluding hydrogens is 500 g/mol. The molecule has 6 nitrogen and oxygen atoms in total. The number of ether oxygens (including phenoxy) is 2. The summed E-state index contributed by atoms with van der Waals surface area (Å²) >= 11 is 0. The van der Waals surface area contributed by atoms with Gasteiger partial charge in [0.25, 0.3) is 0 Å². The molecule has 0 spiro atoms. The van der Waals surface area contributed by atoms with E-state index in [0.717, 1.165) is 77.6 Å². The van der Waals surface area contributed by atoms with Crippen molar-refractivity contribution in [2.24, 2.45) is 0 Å². The molecule has 0 aliphatic rings. The van der Waals surface area contributed by atoms with Crippen LogP contribution in [0.15, 0.2) is 97.1 Å². The van der Waals surface area contributed by atoms with Crippen LogP contribution >= 0.6 is 0 Å².